The first kappa shape index (κ1) is 18.8. The molecule has 0 aliphatic carbocycles. The minimum Gasteiger partial charge on any atom is -0.323 e. The molecule has 1 N–H and O–H groups in total. The van der Waals surface area contributed by atoms with Gasteiger partial charge in [0.05, 0.1) is 23.1 Å². The van der Waals surface area contributed by atoms with Crippen molar-refractivity contribution in [3.05, 3.63) is 66.4 Å². The zero-order valence-corrected chi connectivity index (χ0v) is 16.0. The number of amides is 1. The number of aromatic nitrogens is 1. The lowest BCUT2D eigenvalue weighted by Crippen LogP contribution is -2.37. The zero-order chi connectivity index (χ0) is 19.4. The molecule has 0 fully saturated rings. The molecule has 0 aliphatic heterocycles. The Hall–Kier alpha value is -2.93. The highest BCUT2D eigenvalue weighted by atomic mass is 32.2. The van der Waals surface area contributed by atoms with E-state index in [1.807, 2.05) is 43.3 Å². The molecule has 3 aromatic rings. The maximum Gasteiger partial charge on any atom is 0.245 e. The lowest BCUT2D eigenvalue weighted by atomic mass is 10.1. The Balaban J connectivity index is 1.84. The lowest BCUT2D eigenvalue weighted by Gasteiger charge is -2.22. The van der Waals surface area contributed by atoms with Crippen molar-refractivity contribution in [1.82, 2.24) is 4.98 Å². The van der Waals surface area contributed by atoms with Crippen LogP contribution in [0.15, 0.2) is 60.8 Å². The van der Waals surface area contributed by atoms with Gasteiger partial charge in [-0.1, -0.05) is 37.3 Å². The Morgan fingerprint density at radius 2 is 1.78 bits per heavy atom. The Morgan fingerprint density at radius 1 is 1.07 bits per heavy atom. The van der Waals surface area contributed by atoms with E-state index in [0.29, 0.717) is 16.9 Å². The Labute approximate surface area is 158 Å². The number of benzene rings is 2. The van der Waals surface area contributed by atoms with Gasteiger partial charge in [0, 0.05) is 11.6 Å². The van der Waals surface area contributed by atoms with Gasteiger partial charge in [-0.25, -0.2) is 8.42 Å². The molecule has 0 atom stereocenters. The van der Waals surface area contributed by atoms with E-state index in [1.54, 1.807) is 24.4 Å². The fraction of sp³-hybridized carbons (Fsp3) is 0.200. The summed E-state index contributed by atoms with van der Waals surface area (Å²) in [4.78, 5) is 16.9. The molecule has 7 heteroatoms. The molecule has 27 heavy (non-hydrogen) atoms. The van der Waals surface area contributed by atoms with Gasteiger partial charge >= 0.3 is 0 Å². The van der Waals surface area contributed by atoms with E-state index in [0.717, 1.165) is 27.9 Å². The normalized spacial score (nSPS) is 11.3. The predicted octanol–water partition coefficient (Wildman–Crippen LogP) is 3.20. The third-order valence-electron chi connectivity index (χ3n) is 4.23. The van der Waals surface area contributed by atoms with E-state index in [4.69, 9.17) is 0 Å². The highest BCUT2D eigenvalue weighted by molar-refractivity contribution is 7.92. The van der Waals surface area contributed by atoms with Crippen LogP contribution >= 0.6 is 0 Å². The van der Waals surface area contributed by atoms with Gasteiger partial charge in [-0.3, -0.25) is 14.1 Å². The van der Waals surface area contributed by atoms with Crippen LogP contribution in [0.5, 0.6) is 0 Å². The number of nitrogens with one attached hydrogen (secondary N) is 1. The van der Waals surface area contributed by atoms with Gasteiger partial charge in [-0.05, 0) is 36.2 Å². The average molecular weight is 383 g/mol. The molecule has 2 aromatic carbocycles. The second-order valence-corrected chi connectivity index (χ2v) is 8.13. The minimum absolute atomic E-state index is 0.312. The fourth-order valence-electron chi connectivity index (χ4n) is 2.82. The number of para-hydroxylation sites is 1. The topological polar surface area (TPSA) is 79.4 Å². The van der Waals surface area contributed by atoms with Crippen molar-refractivity contribution in [3.63, 3.8) is 0 Å². The van der Waals surface area contributed by atoms with Crippen LogP contribution in [0.2, 0.25) is 0 Å². The number of fused-ring (bicyclic) bond motifs is 1. The van der Waals surface area contributed by atoms with Crippen LogP contribution in [-0.2, 0) is 21.2 Å². The summed E-state index contributed by atoms with van der Waals surface area (Å²) in [6.07, 6.45) is 3.59. The summed E-state index contributed by atoms with van der Waals surface area (Å²) in [5.41, 5.74) is 2.76. The minimum atomic E-state index is -3.61. The van der Waals surface area contributed by atoms with Crippen molar-refractivity contribution in [2.75, 3.05) is 22.4 Å². The number of rotatable bonds is 6. The van der Waals surface area contributed by atoms with E-state index < -0.39 is 15.9 Å². The molecular formula is C20H21N3O3S. The first-order valence-corrected chi connectivity index (χ1v) is 10.4. The molecule has 1 amide bonds. The number of anilines is 2. The summed E-state index contributed by atoms with van der Waals surface area (Å²) in [5, 5.41) is 3.67. The van der Waals surface area contributed by atoms with Gasteiger partial charge in [-0.15, -0.1) is 0 Å². The highest BCUT2D eigenvalue weighted by Crippen LogP contribution is 2.22. The van der Waals surface area contributed by atoms with Gasteiger partial charge in [0.15, 0.2) is 0 Å². The van der Waals surface area contributed by atoms with Gasteiger partial charge in [0.1, 0.15) is 6.54 Å². The van der Waals surface area contributed by atoms with Crippen molar-refractivity contribution in [2.24, 2.45) is 0 Å². The smallest absolute Gasteiger partial charge is 0.245 e. The van der Waals surface area contributed by atoms with Gasteiger partial charge in [0.25, 0.3) is 0 Å². The van der Waals surface area contributed by atoms with E-state index in [1.165, 1.54) is 0 Å². The second kappa shape index (κ2) is 7.75. The van der Waals surface area contributed by atoms with Crippen molar-refractivity contribution in [3.8, 4) is 0 Å². The predicted molar refractivity (Wildman–Crippen MR) is 108 cm³/mol. The number of hydrogen-bond acceptors (Lipinski definition) is 4. The van der Waals surface area contributed by atoms with Gasteiger partial charge in [0.2, 0.25) is 15.9 Å². The second-order valence-electron chi connectivity index (χ2n) is 6.22. The van der Waals surface area contributed by atoms with Crippen LogP contribution in [0.1, 0.15) is 12.5 Å². The summed E-state index contributed by atoms with van der Waals surface area (Å²) in [6, 6.07) is 16.3. The highest BCUT2D eigenvalue weighted by Gasteiger charge is 2.21. The number of nitrogens with zero attached hydrogens (tertiary/aromatic N) is 2. The monoisotopic (exact) mass is 383 g/mol. The molecule has 0 bridgehead atoms. The summed E-state index contributed by atoms with van der Waals surface area (Å²) >= 11 is 0. The van der Waals surface area contributed by atoms with E-state index in [2.05, 4.69) is 10.3 Å². The maximum atomic E-state index is 12.6. The van der Waals surface area contributed by atoms with Crippen LogP contribution in [0.3, 0.4) is 0 Å². The van der Waals surface area contributed by atoms with E-state index >= 15 is 0 Å². The van der Waals surface area contributed by atoms with Crippen LogP contribution in [0.25, 0.3) is 10.9 Å². The number of carbonyl (C=O) groups excluding carboxylic acids is 1. The van der Waals surface area contributed by atoms with Crippen molar-refractivity contribution in [1.29, 1.82) is 0 Å². The number of carbonyl (C=O) groups is 1. The van der Waals surface area contributed by atoms with Crippen molar-refractivity contribution >= 4 is 38.2 Å². The number of pyridine rings is 1. The molecule has 3 rings (SSSR count). The first-order valence-electron chi connectivity index (χ1n) is 8.58. The zero-order valence-electron chi connectivity index (χ0n) is 15.2. The van der Waals surface area contributed by atoms with Crippen molar-refractivity contribution < 1.29 is 13.2 Å². The number of hydrogen-bond donors (Lipinski definition) is 1. The van der Waals surface area contributed by atoms with Crippen LogP contribution in [-0.4, -0.2) is 32.1 Å². The summed E-state index contributed by atoms with van der Waals surface area (Å²) < 4.78 is 25.5. The standard InChI is InChI=1S/C20H21N3O3S/c1-3-15-9-11-17(12-10-15)23(27(2,25)26)14-19(24)22-18-8-4-6-16-7-5-13-21-20(16)18/h4-13H,3,14H2,1-2H3,(H,22,24). The SMILES string of the molecule is CCc1ccc(N(CC(=O)Nc2cccc3cccnc23)S(C)(=O)=O)cc1. The summed E-state index contributed by atoms with van der Waals surface area (Å²) in [6.45, 7) is 1.71. The molecule has 0 spiro atoms. The Bertz CT molecular complexity index is 1060. The molecule has 0 unspecified atom stereocenters. The van der Waals surface area contributed by atoms with Crippen LogP contribution in [0, 0.1) is 0 Å². The van der Waals surface area contributed by atoms with Crippen LogP contribution in [0.4, 0.5) is 11.4 Å². The number of aryl methyl sites for hydroxylation is 1. The Kier molecular flexibility index (Phi) is 5.41. The van der Waals surface area contributed by atoms with Crippen molar-refractivity contribution in [2.45, 2.75) is 13.3 Å². The molecule has 1 heterocycles. The molecule has 6 nitrogen and oxygen atoms in total. The maximum absolute atomic E-state index is 12.6. The largest absolute Gasteiger partial charge is 0.323 e. The molecule has 140 valence electrons. The molecule has 0 saturated heterocycles. The lowest BCUT2D eigenvalue weighted by molar-refractivity contribution is -0.114. The van der Waals surface area contributed by atoms with Gasteiger partial charge < -0.3 is 5.32 Å². The van der Waals surface area contributed by atoms with E-state index in [-0.39, 0.29) is 6.54 Å². The summed E-state index contributed by atoms with van der Waals surface area (Å²) in [7, 11) is -3.61. The van der Waals surface area contributed by atoms with E-state index in [9.17, 15) is 13.2 Å². The quantitative estimate of drug-likeness (QED) is 0.709. The third-order valence-corrected chi connectivity index (χ3v) is 5.37. The number of sulfonamides is 1. The van der Waals surface area contributed by atoms with Gasteiger partial charge in [-0.2, -0.15) is 0 Å². The van der Waals surface area contributed by atoms with Crippen LogP contribution < -0.4 is 9.62 Å². The molecular weight excluding hydrogens is 362 g/mol. The third kappa shape index (κ3) is 4.43. The molecule has 0 radical (unpaired) electrons. The Morgan fingerprint density at radius 3 is 2.44 bits per heavy atom. The molecule has 0 saturated carbocycles. The first-order chi connectivity index (χ1) is 12.9. The fourth-order valence-corrected chi connectivity index (χ4v) is 3.68. The average Bonchev–Trinajstić information content (AvgIpc) is 2.66. The molecule has 1 aromatic heterocycles. The summed E-state index contributed by atoms with van der Waals surface area (Å²) in [5.74, 6) is -0.432. The molecule has 0 aliphatic rings.